The molecule has 1 N–H and O–H groups in total. The van der Waals surface area contributed by atoms with E-state index in [9.17, 15) is 5.11 Å². The van der Waals surface area contributed by atoms with Crippen LogP contribution in [0, 0.1) is 0 Å². The van der Waals surface area contributed by atoms with Crippen LogP contribution in [0.2, 0.25) is 0 Å². The van der Waals surface area contributed by atoms with Crippen molar-refractivity contribution in [2.75, 3.05) is 0 Å². The van der Waals surface area contributed by atoms with Crippen molar-refractivity contribution >= 4 is 71.3 Å². The molecule has 0 aromatic heterocycles. The molecular formula is C30H19Br3OS2. The number of phenols is 1. The first kappa shape index (κ1) is 25.7. The number of hydrogen-bond acceptors (Lipinski definition) is 3. The van der Waals surface area contributed by atoms with Crippen molar-refractivity contribution in [3.8, 4) is 28.0 Å². The minimum Gasteiger partial charge on any atom is -0.507 e. The van der Waals surface area contributed by atoms with Gasteiger partial charge in [0, 0.05) is 44.1 Å². The van der Waals surface area contributed by atoms with Gasteiger partial charge in [-0.05, 0) is 75.6 Å². The summed E-state index contributed by atoms with van der Waals surface area (Å²) in [5, 5.41) is 12.0. The summed E-state index contributed by atoms with van der Waals surface area (Å²) in [6.07, 6.45) is 0. The van der Waals surface area contributed by atoms with E-state index in [0.29, 0.717) is 0 Å². The van der Waals surface area contributed by atoms with E-state index in [1.165, 1.54) is 0 Å². The van der Waals surface area contributed by atoms with E-state index in [-0.39, 0.29) is 5.75 Å². The Kier molecular flexibility index (Phi) is 8.28. The lowest BCUT2D eigenvalue weighted by molar-refractivity contribution is 0.476. The Morgan fingerprint density at radius 3 is 1.19 bits per heavy atom. The van der Waals surface area contributed by atoms with Crippen molar-refractivity contribution in [2.45, 2.75) is 19.6 Å². The molecule has 5 rings (SSSR count). The highest BCUT2D eigenvalue weighted by atomic mass is 79.9. The molecule has 0 heterocycles. The molecule has 0 unspecified atom stereocenters. The zero-order valence-electron chi connectivity index (χ0n) is 18.8. The molecule has 0 aliphatic heterocycles. The normalized spacial score (nSPS) is 11.0. The fourth-order valence-corrected chi connectivity index (χ4v) is 7.39. The summed E-state index contributed by atoms with van der Waals surface area (Å²) in [6, 6.07) is 36.7. The van der Waals surface area contributed by atoms with Crippen LogP contribution in [0.5, 0.6) is 5.75 Å². The predicted molar refractivity (Wildman–Crippen MR) is 163 cm³/mol. The van der Waals surface area contributed by atoms with Crippen LogP contribution in [0.4, 0.5) is 0 Å². The average Bonchev–Trinajstić information content (AvgIpc) is 2.90. The monoisotopic (exact) mass is 696 g/mol. The maximum atomic E-state index is 12.0. The number of aromatic hydroxyl groups is 1. The summed E-state index contributed by atoms with van der Waals surface area (Å²) in [5.74, 6) is 0.264. The Bertz CT molecular complexity index is 1380. The highest BCUT2D eigenvalue weighted by Crippen LogP contribution is 2.55. The Hall–Kier alpha value is -1.96. The fourth-order valence-electron chi connectivity index (χ4n) is 3.84. The zero-order valence-corrected chi connectivity index (χ0v) is 25.2. The molecule has 6 heteroatoms. The lowest BCUT2D eigenvalue weighted by Crippen LogP contribution is -1.94. The third-order valence-electron chi connectivity index (χ3n) is 5.52. The highest BCUT2D eigenvalue weighted by molar-refractivity contribution is 9.11. The Balaban J connectivity index is 1.81. The maximum absolute atomic E-state index is 12.0. The average molecular weight is 699 g/mol. The van der Waals surface area contributed by atoms with Crippen molar-refractivity contribution < 1.29 is 5.11 Å². The summed E-state index contributed by atoms with van der Waals surface area (Å²) in [4.78, 5) is 4.15. The van der Waals surface area contributed by atoms with Crippen LogP contribution in [0.25, 0.3) is 22.3 Å². The topological polar surface area (TPSA) is 20.2 Å². The second-order valence-corrected chi connectivity index (χ2v) is 12.7. The second-order valence-electron chi connectivity index (χ2n) is 7.91. The largest absolute Gasteiger partial charge is 0.507 e. The van der Waals surface area contributed by atoms with Gasteiger partial charge in [0.15, 0.2) is 0 Å². The van der Waals surface area contributed by atoms with Gasteiger partial charge < -0.3 is 5.11 Å². The van der Waals surface area contributed by atoms with Crippen LogP contribution in [-0.2, 0) is 0 Å². The molecule has 0 aliphatic rings. The van der Waals surface area contributed by atoms with Gasteiger partial charge in [0.2, 0.25) is 0 Å². The van der Waals surface area contributed by atoms with E-state index in [2.05, 4.69) is 72.1 Å². The lowest BCUT2D eigenvalue weighted by Gasteiger charge is -2.22. The summed E-state index contributed by atoms with van der Waals surface area (Å²) < 4.78 is 2.94. The van der Waals surface area contributed by atoms with E-state index in [1.807, 2.05) is 84.9 Å². The first-order valence-corrected chi connectivity index (χ1v) is 15.1. The van der Waals surface area contributed by atoms with Gasteiger partial charge in [0.1, 0.15) is 5.75 Å². The minimum absolute atomic E-state index is 0.264. The van der Waals surface area contributed by atoms with Gasteiger partial charge in [-0.3, -0.25) is 0 Å². The molecule has 0 fully saturated rings. The Morgan fingerprint density at radius 1 is 0.472 bits per heavy atom. The maximum Gasteiger partial charge on any atom is 0.133 e. The van der Waals surface area contributed by atoms with Crippen LogP contribution in [0.1, 0.15) is 0 Å². The smallest absolute Gasteiger partial charge is 0.133 e. The van der Waals surface area contributed by atoms with Crippen LogP contribution < -0.4 is 0 Å². The number of benzene rings is 5. The predicted octanol–water partition coefficient (Wildman–Crippen LogP) is 11.3. The van der Waals surface area contributed by atoms with Crippen LogP contribution in [-0.4, -0.2) is 5.11 Å². The van der Waals surface area contributed by atoms with Crippen molar-refractivity contribution in [1.29, 1.82) is 0 Å². The summed E-state index contributed by atoms with van der Waals surface area (Å²) >= 11 is 14.4. The van der Waals surface area contributed by atoms with Gasteiger partial charge in [-0.15, -0.1) is 0 Å². The van der Waals surface area contributed by atoms with Gasteiger partial charge in [-0.1, -0.05) is 116 Å². The molecule has 0 amide bonds. The van der Waals surface area contributed by atoms with E-state index in [4.69, 9.17) is 0 Å². The van der Waals surface area contributed by atoms with E-state index < -0.39 is 0 Å². The molecule has 5 aromatic carbocycles. The van der Waals surface area contributed by atoms with Gasteiger partial charge in [0.05, 0.1) is 0 Å². The van der Waals surface area contributed by atoms with Crippen molar-refractivity contribution in [2.24, 2.45) is 0 Å². The summed E-state index contributed by atoms with van der Waals surface area (Å²) in [5.41, 5.74) is 3.51. The van der Waals surface area contributed by atoms with Crippen molar-refractivity contribution in [3.05, 3.63) is 123 Å². The molecule has 0 radical (unpaired) electrons. The molecule has 0 bridgehead atoms. The van der Waals surface area contributed by atoms with Crippen LogP contribution >= 0.6 is 71.3 Å². The SMILES string of the molecule is Oc1c(-c2ccc(Br)cc2)c(Sc2ccccc2)c(Br)c(Sc2ccccc2)c1-c1ccc(Br)cc1. The van der Waals surface area contributed by atoms with Crippen LogP contribution in [0.15, 0.2) is 142 Å². The van der Waals surface area contributed by atoms with Crippen LogP contribution in [0.3, 0.4) is 0 Å². The standard InChI is InChI=1S/C30H19Br3OS2/c31-21-15-11-19(12-16-21)25-28(34)26(20-13-17-22(32)18-14-20)30(36-24-9-5-2-6-10-24)27(33)29(25)35-23-7-3-1-4-8-23/h1-18,34H. The summed E-state index contributed by atoms with van der Waals surface area (Å²) in [6.45, 7) is 0. The highest BCUT2D eigenvalue weighted by Gasteiger charge is 2.26. The first-order chi connectivity index (χ1) is 17.5. The molecule has 0 saturated carbocycles. The quantitative estimate of drug-likeness (QED) is 0.191. The Labute approximate surface area is 244 Å². The number of hydrogen-bond donors (Lipinski definition) is 1. The minimum atomic E-state index is 0.264. The molecule has 178 valence electrons. The number of phenolic OH excluding ortho intramolecular Hbond substituents is 1. The molecule has 0 spiro atoms. The number of halogens is 3. The first-order valence-electron chi connectivity index (χ1n) is 11.1. The summed E-state index contributed by atoms with van der Waals surface area (Å²) in [7, 11) is 0. The molecule has 0 aliphatic carbocycles. The molecule has 5 aromatic rings. The van der Waals surface area contributed by atoms with Gasteiger partial charge in [0.25, 0.3) is 0 Å². The fraction of sp³-hybridized carbons (Fsp3) is 0. The zero-order chi connectivity index (χ0) is 25.1. The lowest BCUT2D eigenvalue weighted by atomic mass is 9.97. The molecule has 36 heavy (non-hydrogen) atoms. The molecule has 1 nitrogen and oxygen atoms in total. The third-order valence-corrected chi connectivity index (χ3v) is 10.1. The molecular weight excluding hydrogens is 680 g/mol. The second kappa shape index (κ2) is 11.6. The van der Waals surface area contributed by atoms with Gasteiger partial charge >= 0.3 is 0 Å². The van der Waals surface area contributed by atoms with E-state index >= 15 is 0 Å². The van der Waals surface area contributed by atoms with E-state index in [0.717, 1.165) is 55.3 Å². The Morgan fingerprint density at radius 2 is 0.833 bits per heavy atom. The molecule has 0 saturated heterocycles. The van der Waals surface area contributed by atoms with E-state index in [1.54, 1.807) is 23.5 Å². The molecule has 0 atom stereocenters. The number of rotatable bonds is 6. The van der Waals surface area contributed by atoms with Gasteiger partial charge in [-0.2, -0.15) is 0 Å². The third kappa shape index (κ3) is 5.63. The van der Waals surface area contributed by atoms with Crippen molar-refractivity contribution in [3.63, 3.8) is 0 Å². The van der Waals surface area contributed by atoms with Crippen molar-refractivity contribution in [1.82, 2.24) is 0 Å². The van der Waals surface area contributed by atoms with Gasteiger partial charge in [-0.25, -0.2) is 0 Å².